The molecular weight excluding hydrogens is 339 g/mol. The van der Waals surface area contributed by atoms with E-state index in [-0.39, 0.29) is 24.1 Å². The Morgan fingerprint density at radius 1 is 1.08 bits per heavy atom. The van der Waals surface area contributed by atoms with Crippen LogP contribution in [0.3, 0.4) is 0 Å². The summed E-state index contributed by atoms with van der Waals surface area (Å²) >= 11 is 0. The van der Waals surface area contributed by atoms with E-state index >= 15 is 0 Å². The first-order valence-electron chi connectivity index (χ1n) is 9.46. The summed E-state index contributed by atoms with van der Waals surface area (Å²) in [6, 6.07) is 6.91. The quantitative estimate of drug-likeness (QED) is 0.868. The van der Waals surface area contributed by atoms with E-state index in [0.29, 0.717) is 17.4 Å². The number of fused-ring (bicyclic) bond motifs is 1. The summed E-state index contributed by atoms with van der Waals surface area (Å²) in [5, 5.41) is 3.48. The van der Waals surface area contributed by atoms with Crippen LogP contribution in [-0.4, -0.2) is 37.0 Å². The van der Waals surface area contributed by atoms with Crippen LogP contribution in [0.5, 0.6) is 0 Å². The van der Waals surface area contributed by atoms with Crippen molar-refractivity contribution >= 4 is 18.3 Å². The van der Waals surface area contributed by atoms with E-state index in [1.165, 1.54) is 6.07 Å². The Hall–Kier alpha value is -1.13. The SMILES string of the molecule is Cl.O=C(N1CC[C@@H]2CNC[C@@H]2CC1)C1(c2ccccc2F)CCCC1. The molecule has 5 heteroatoms. The van der Waals surface area contributed by atoms with Crippen LogP contribution in [0.15, 0.2) is 24.3 Å². The largest absolute Gasteiger partial charge is 0.342 e. The molecule has 1 N–H and O–H groups in total. The van der Waals surface area contributed by atoms with Crippen molar-refractivity contribution in [1.82, 2.24) is 10.2 Å². The minimum atomic E-state index is -0.622. The molecule has 2 aliphatic heterocycles. The highest BCUT2D eigenvalue weighted by atomic mass is 35.5. The number of nitrogens with one attached hydrogen (secondary N) is 1. The van der Waals surface area contributed by atoms with Crippen LogP contribution < -0.4 is 5.32 Å². The number of benzene rings is 1. The number of hydrogen-bond acceptors (Lipinski definition) is 2. The van der Waals surface area contributed by atoms with Crippen molar-refractivity contribution in [3.8, 4) is 0 Å². The van der Waals surface area contributed by atoms with Gasteiger partial charge in [-0.05, 0) is 56.7 Å². The molecule has 2 saturated heterocycles. The maximum atomic E-state index is 14.5. The highest BCUT2D eigenvalue weighted by Gasteiger charge is 2.47. The summed E-state index contributed by atoms with van der Waals surface area (Å²) in [7, 11) is 0. The standard InChI is InChI=1S/C20H27FN2O.ClH/c21-18-6-2-1-5-17(18)20(9-3-4-10-20)19(24)23-11-7-15-13-22-14-16(15)8-12-23;/h1-2,5-6,15-16,22H,3-4,7-14H2;1H/t15-,16+;. The predicted octanol–water partition coefficient (Wildman–Crippen LogP) is 3.52. The van der Waals surface area contributed by atoms with Crippen molar-refractivity contribution in [2.24, 2.45) is 11.8 Å². The van der Waals surface area contributed by atoms with Gasteiger partial charge >= 0.3 is 0 Å². The Balaban J connectivity index is 0.00000182. The molecule has 1 saturated carbocycles. The number of amides is 1. The summed E-state index contributed by atoms with van der Waals surface area (Å²) < 4.78 is 14.5. The molecule has 3 nitrogen and oxygen atoms in total. The molecule has 1 aliphatic carbocycles. The van der Waals surface area contributed by atoms with Gasteiger partial charge in [0.1, 0.15) is 5.82 Å². The van der Waals surface area contributed by atoms with Crippen LogP contribution in [0, 0.1) is 17.7 Å². The Bertz CT molecular complexity index is 603. The van der Waals surface area contributed by atoms with Gasteiger partial charge in [-0.1, -0.05) is 31.0 Å². The highest BCUT2D eigenvalue weighted by molar-refractivity contribution is 5.88. The summed E-state index contributed by atoms with van der Waals surface area (Å²) in [6.07, 6.45) is 5.77. The third-order valence-corrected chi connectivity index (χ3v) is 6.56. The zero-order chi connectivity index (χ0) is 16.6. The van der Waals surface area contributed by atoms with Crippen LogP contribution in [-0.2, 0) is 10.2 Å². The van der Waals surface area contributed by atoms with Gasteiger partial charge in [0.05, 0.1) is 5.41 Å². The maximum absolute atomic E-state index is 14.5. The molecule has 0 spiro atoms. The lowest BCUT2D eigenvalue weighted by Crippen LogP contribution is -2.46. The number of nitrogens with zero attached hydrogens (tertiary/aromatic N) is 1. The minimum absolute atomic E-state index is 0. The Morgan fingerprint density at radius 2 is 1.68 bits per heavy atom. The molecular formula is C20H28ClFN2O. The molecule has 3 fully saturated rings. The van der Waals surface area contributed by atoms with Crippen molar-refractivity contribution in [3.05, 3.63) is 35.6 Å². The summed E-state index contributed by atoms with van der Waals surface area (Å²) in [5.41, 5.74) is 0.00173. The summed E-state index contributed by atoms with van der Waals surface area (Å²) in [6.45, 7) is 3.84. The van der Waals surface area contributed by atoms with Crippen molar-refractivity contribution < 1.29 is 9.18 Å². The van der Waals surface area contributed by atoms with Crippen LogP contribution in [0.2, 0.25) is 0 Å². The maximum Gasteiger partial charge on any atom is 0.233 e. The van der Waals surface area contributed by atoms with Gasteiger partial charge in [-0.2, -0.15) is 0 Å². The molecule has 4 rings (SSSR count). The number of halogens is 2. The van der Waals surface area contributed by atoms with Crippen LogP contribution >= 0.6 is 12.4 Å². The highest BCUT2D eigenvalue weighted by Crippen LogP contribution is 2.44. The second-order valence-corrected chi connectivity index (χ2v) is 7.82. The first-order chi connectivity index (χ1) is 11.7. The molecule has 25 heavy (non-hydrogen) atoms. The van der Waals surface area contributed by atoms with Crippen molar-refractivity contribution in [2.75, 3.05) is 26.2 Å². The van der Waals surface area contributed by atoms with Gasteiger partial charge in [-0.25, -0.2) is 4.39 Å². The van der Waals surface area contributed by atoms with E-state index in [9.17, 15) is 9.18 Å². The van der Waals surface area contributed by atoms with E-state index in [2.05, 4.69) is 10.2 Å². The number of carbonyl (C=O) groups is 1. The smallest absolute Gasteiger partial charge is 0.233 e. The van der Waals surface area contributed by atoms with Crippen molar-refractivity contribution in [2.45, 2.75) is 43.9 Å². The third-order valence-electron chi connectivity index (χ3n) is 6.56. The fraction of sp³-hybridized carbons (Fsp3) is 0.650. The molecule has 0 bridgehead atoms. The topological polar surface area (TPSA) is 32.3 Å². The Labute approximate surface area is 155 Å². The number of likely N-dealkylation sites (tertiary alicyclic amines) is 1. The fourth-order valence-electron chi connectivity index (χ4n) is 5.15. The second-order valence-electron chi connectivity index (χ2n) is 7.82. The molecule has 0 radical (unpaired) electrons. The Kier molecular flexibility index (Phi) is 5.69. The first kappa shape index (κ1) is 18.7. The molecule has 2 atom stereocenters. The zero-order valence-electron chi connectivity index (χ0n) is 14.7. The predicted molar refractivity (Wildman–Crippen MR) is 99.5 cm³/mol. The average Bonchev–Trinajstić information content (AvgIpc) is 3.21. The van der Waals surface area contributed by atoms with Gasteiger partial charge in [0, 0.05) is 18.7 Å². The molecule has 3 aliphatic rings. The molecule has 1 amide bonds. The monoisotopic (exact) mass is 366 g/mol. The second kappa shape index (κ2) is 7.63. The van der Waals surface area contributed by atoms with Crippen LogP contribution in [0.1, 0.15) is 44.1 Å². The van der Waals surface area contributed by atoms with E-state index in [4.69, 9.17) is 0 Å². The third kappa shape index (κ3) is 3.31. The molecule has 1 aromatic rings. The van der Waals surface area contributed by atoms with Gasteiger partial charge < -0.3 is 10.2 Å². The summed E-state index contributed by atoms with van der Waals surface area (Å²) in [4.78, 5) is 15.5. The van der Waals surface area contributed by atoms with E-state index in [1.807, 2.05) is 12.1 Å². The van der Waals surface area contributed by atoms with Gasteiger partial charge in [-0.15, -0.1) is 12.4 Å². The lowest BCUT2D eigenvalue weighted by atomic mass is 9.77. The number of hydrogen-bond donors (Lipinski definition) is 1. The number of carbonyl (C=O) groups excluding carboxylic acids is 1. The fourth-order valence-corrected chi connectivity index (χ4v) is 5.15. The van der Waals surface area contributed by atoms with Crippen molar-refractivity contribution in [3.63, 3.8) is 0 Å². The molecule has 0 unspecified atom stereocenters. The van der Waals surface area contributed by atoms with Crippen LogP contribution in [0.4, 0.5) is 4.39 Å². The molecule has 0 aromatic heterocycles. The van der Waals surface area contributed by atoms with E-state index in [0.717, 1.165) is 64.7 Å². The molecule has 138 valence electrons. The van der Waals surface area contributed by atoms with Crippen molar-refractivity contribution in [1.29, 1.82) is 0 Å². The normalized spacial score (nSPS) is 28.1. The van der Waals surface area contributed by atoms with Gasteiger partial charge in [-0.3, -0.25) is 4.79 Å². The summed E-state index contributed by atoms with van der Waals surface area (Å²) in [5.74, 6) is 1.37. The lowest BCUT2D eigenvalue weighted by molar-refractivity contribution is -0.137. The average molecular weight is 367 g/mol. The number of rotatable bonds is 2. The Morgan fingerprint density at radius 3 is 2.28 bits per heavy atom. The van der Waals surface area contributed by atoms with Crippen LogP contribution in [0.25, 0.3) is 0 Å². The lowest BCUT2D eigenvalue weighted by Gasteiger charge is -2.34. The molecule has 2 heterocycles. The minimum Gasteiger partial charge on any atom is -0.342 e. The first-order valence-corrected chi connectivity index (χ1v) is 9.46. The zero-order valence-corrected chi connectivity index (χ0v) is 15.5. The molecule has 1 aromatic carbocycles. The van der Waals surface area contributed by atoms with Gasteiger partial charge in [0.25, 0.3) is 0 Å². The van der Waals surface area contributed by atoms with E-state index < -0.39 is 5.41 Å². The van der Waals surface area contributed by atoms with E-state index in [1.54, 1.807) is 6.07 Å². The van der Waals surface area contributed by atoms with Gasteiger partial charge in [0.15, 0.2) is 0 Å². The van der Waals surface area contributed by atoms with Gasteiger partial charge in [0.2, 0.25) is 5.91 Å².